The van der Waals surface area contributed by atoms with E-state index in [1.54, 1.807) is 4.90 Å². The molecule has 1 aliphatic heterocycles. The summed E-state index contributed by atoms with van der Waals surface area (Å²) in [5, 5.41) is 3.04. The molecule has 1 aromatic carbocycles. The maximum Gasteiger partial charge on any atom is 0.223 e. The third kappa shape index (κ3) is 3.32. The molecule has 2 fully saturated rings. The van der Waals surface area contributed by atoms with Crippen molar-refractivity contribution in [2.75, 3.05) is 24.5 Å². The van der Waals surface area contributed by atoms with Crippen LogP contribution in [0.25, 0.3) is 0 Å². The number of benzene rings is 1. The van der Waals surface area contributed by atoms with E-state index in [4.69, 9.17) is 5.73 Å². The van der Waals surface area contributed by atoms with Crippen LogP contribution in [0, 0.1) is 23.5 Å². The third-order valence-electron chi connectivity index (χ3n) is 5.09. The molecule has 1 saturated heterocycles. The summed E-state index contributed by atoms with van der Waals surface area (Å²) >= 11 is 0. The van der Waals surface area contributed by atoms with Crippen molar-refractivity contribution in [1.82, 2.24) is 5.32 Å². The van der Waals surface area contributed by atoms with E-state index in [0.29, 0.717) is 26.1 Å². The fourth-order valence-electron chi connectivity index (χ4n) is 3.84. The Hall–Kier alpha value is -1.69. The molecule has 1 amide bonds. The lowest BCUT2D eigenvalue weighted by atomic mass is 9.95. The number of carbonyl (C=O) groups is 1. The average Bonchev–Trinajstić information content (AvgIpc) is 3.16. The monoisotopic (exact) mass is 323 g/mol. The topological polar surface area (TPSA) is 58.4 Å². The van der Waals surface area contributed by atoms with E-state index < -0.39 is 11.6 Å². The summed E-state index contributed by atoms with van der Waals surface area (Å²) in [6.07, 6.45) is 3.62. The highest BCUT2D eigenvalue weighted by Gasteiger charge is 2.34. The first-order valence-electron chi connectivity index (χ1n) is 8.29. The highest BCUT2D eigenvalue weighted by atomic mass is 19.1. The van der Waals surface area contributed by atoms with Crippen LogP contribution in [0.1, 0.15) is 25.7 Å². The van der Waals surface area contributed by atoms with Crippen LogP contribution in [0.5, 0.6) is 0 Å². The van der Waals surface area contributed by atoms with Crippen molar-refractivity contribution in [2.45, 2.75) is 31.7 Å². The van der Waals surface area contributed by atoms with E-state index in [9.17, 15) is 13.6 Å². The first kappa shape index (κ1) is 16.2. The van der Waals surface area contributed by atoms with E-state index in [0.717, 1.165) is 19.3 Å². The van der Waals surface area contributed by atoms with Gasteiger partial charge in [-0.2, -0.15) is 0 Å². The van der Waals surface area contributed by atoms with Crippen molar-refractivity contribution < 1.29 is 13.6 Å². The molecule has 0 spiro atoms. The molecule has 1 aromatic rings. The summed E-state index contributed by atoms with van der Waals surface area (Å²) in [5.74, 6) is -0.832. The van der Waals surface area contributed by atoms with Crippen LogP contribution in [0.3, 0.4) is 0 Å². The minimum atomic E-state index is -0.559. The first-order chi connectivity index (χ1) is 11.1. The fourth-order valence-corrected chi connectivity index (χ4v) is 3.84. The third-order valence-corrected chi connectivity index (χ3v) is 5.09. The average molecular weight is 323 g/mol. The molecule has 23 heavy (non-hydrogen) atoms. The van der Waals surface area contributed by atoms with Gasteiger partial charge >= 0.3 is 0 Å². The Bertz CT molecular complexity index is 561. The van der Waals surface area contributed by atoms with Crippen molar-refractivity contribution in [2.24, 2.45) is 17.6 Å². The van der Waals surface area contributed by atoms with Crippen molar-refractivity contribution in [1.29, 1.82) is 0 Å². The van der Waals surface area contributed by atoms with Gasteiger partial charge in [0.25, 0.3) is 0 Å². The molecule has 1 saturated carbocycles. The number of amides is 1. The molecule has 0 bridgehead atoms. The molecule has 1 aliphatic carbocycles. The maximum absolute atomic E-state index is 13.9. The summed E-state index contributed by atoms with van der Waals surface area (Å²) in [6.45, 7) is 1.51. The highest BCUT2D eigenvalue weighted by Crippen LogP contribution is 2.32. The number of rotatable bonds is 4. The molecule has 1 unspecified atom stereocenters. The summed E-state index contributed by atoms with van der Waals surface area (Å²) in [7, 11) is 0. The van der Waals surface area contributed by atoms with Crippen molar-refractivity contribution in [3.8, 4) is 0 Å². The summed E-state index contributed by atoms with van der Waals surface area (Å²) < 4.78 is 27.7. The van der Waals surface area contributed by atoms with Crippen LogP contribution >= 0.6 is 0 Å². The first-order valence-corrected chi connectivity index (χ1v) is 8.29. The largest absolute Gasteiger partial charge is 0.365 e. The SMILES string of the molecule is NC[C@H]1CCC[C@H]1C(=O)NC1CCN(c2c(F)cccc2F)C1. The minimum absolute atomic E-state index is 0.00458. The summed E-state index contributed by atoms with van der Waals surface area (Å²) in [6, 6.07) is 3.81. The lowest BCUT2D eigenvalue weighted by Crippen LogP contribution is -2.42. The highest BCUT2D eigenvalue weighted by molar-refractivity contribution is 5.79. The van der Waals surface area contributed by atoms with Crippen LogP contribution < -0.4 is 16.0 Å². The normalized spacial score (nSPS) is 27.4. The second kappa shape index (κ2) is 6.83. The van der Waals surface area contributed by atoms with E-state index in [2.05, 4.69) is 5.32 Å². The van der Waals surface area contributed by atoms with Gasteiger partial charge in [0.05, 0.1) is 0 Å². The predicted octanol–water partition coefficient (Wildman–Crippen LogP) is 2.03. The smallest absolute Gasteiger partial charge is 0.223 e. The number of hydrogen-bond acceptors (Lipinski definition) is 3. The Morgan fingerprint density at radius 1 is 1.26 bits per heavy atom. The predicted molar refractivity (Wildman–Crippen MR) is 85.0 cm³/mol. The number of carbonyl (C=O) groups excluding carboxylic acids is 1. The molecule has 6 heteroatoms. The van der Waals surface area contributed by atoms with Gasteiger partial charge in [-0.3, -0.25) is 4.79 Å². The molecule has 3 rings (SSSR count). The maximum atomic E-state index is 13.9. The number of nitrogens with two attached hydrogens (primary N) is 1. The van der Waals surface area contributed by atoms with Gasteiger partial charge < -0.3 is 16.0 Å². The lowest BCUT2D eigenvalue weighted by molar-refractivity contribution is -0.126. The Labute approximate surface area is 135 Å². The summed E-state index contributed by atoms with van der Waals surface area (Å²) in [5.41, 5.74) is 5.73. The van der Waals surface area contributed by atoms with Crippen LogP contribution in [-0.2, 0) is 4.79 Å². The zero-order valence-corrected chi connectivity index (χ0v) is 13.1. The molecule has 4 nitrogen and oxygen atoms in total. The van der Waals surface area contributed by atoms with Crippen LogP contribution in [0.4, 0.5) is 14.5 Å². The second-order valence-electron chi connectivity index (χ2n) is 6.54. The number of para-hydroxylation sites is 1. The van der Waals surface area contributed by atoms with Gasteiger partial charge in [-0.05, 0) is 43.9 Å². The molecule has 2 aliphatic rings. The van der Waals surface area contributed by atoms with Gasteiger partial charge in [0.2, 0.25) is 5.91 Å². The molecule has 0 radical (unpaired) electrons. The van der Waals surface area contributed by atoms with Gasteiger partial charge in [-0.15, -0.1) is 0 Å². The van der Waals surface area contributed by atoms with Gasteiger partial charge in [0.15, 0.2) is 0 Å². The van der Waals surface area contributed by atoms with Crippen molar-refractivity contribution >= 4 is 11.6 Å². The number of nitrogens with zero attached hydrogens (tertiary/aromatic N) is 1. The molecule has 3 atom stereocenters. The van der Waals surface area contributed by atoms with Crippen molar-refractivity contribution in [3.63, 3.8) is 0 Å². The van der Waals surface area contributed by atoms with Crippen LogP contribution in [0.15, 0.2) is 18.2 Å². The molecule has 1 heterocycles. The second-order valence-corrected chi connectivity index (χ2v) is 6.54. The number of anilines is 1. The minimum Gasteiger partial charge on any atom is -0.365 e. The zero-order chi connectivity index (χ0) is 16.4. The number of halogens is 2. The quantitative estimate of drug-likeness (QED) is 0.891. The van der Waals surface area contributed by atoms with E-state index in [1.165, 1.54) is 18.2 Å². The Morgan fingerprint density at radius 3 is 2.70 bits per heavy atom. The fraction of sp³-hybridized carbons (Fsp3) is 0.588. The molecular formula is C17H23F2N3O. The van der Waals surface area contributed by atoms with E-state index >= 15 is 0 Å². The standard InChI is InChI=1S/C17H23F2N3O/c18-14-5-2-6-15(19)16(14)22-8-7-12(10-22)21-17(23)13-4-1-3-11(13)9-20/h2,5-6,11-13H,1,3-4,7-10,20H2,(H,21,23)/t11-,12?,13-/m1/s1. The van der Waals surface area contributed by atoms with Gasteiger partial charge in [0, 0.05) is 25.0 Å². The Morgan fingerprint density at radius 2 is 2.00 bits per heavy atom. The van der Waals surface area contributed by atoms with Gasteiger partial charge in [-0.1, -0.05) is 12.5 Å². The van der Waals surface area contributed by atoms with E-state index in [1.807, 2.05) is 0 Å². The van der Waals surface area contributed by atoms with E-state index in [-0.39, 0.29) is 29.5 Å². The Kier molecular flexibility index (Phi) is 4.80. The molecule has 126 valence electrons. The van der Waals surface area contributed by atoms with Gasteiger partial charge in [0.1, 0.15) is 17.3 Å². The molecule has 0 aromatic heterocycles. The van der Waals surface area contributed by atoms with Gasteiger partial charge in [-0.25, -0.2) is 8.78 Å². The van der Waals surface area contributed by atoms with Crippen molar-refractivity contribution in [3.05, 3.63) is 29.8 Å². The Balaban J connectivity index is 1.61. The van der Waals surface area contributed by atoms with Crippen LogP contribution in [0.2, 0.25) is 0 Å². The van der Waals surface area contributed by atoms with Crippen LogP contribution in [-0.4, -0.2) is 31.6 Å². The lowest BCUT2D eigenvalue weighted by Gasteiger charge is -2.22. The molecule has 3 N–H and O–H groups in total. The summed E-state index contributed by atoms with van der Waals surface area (Å²) in [4.78, 5) is 14.1. The molecular weight excluding hydrogens is 300 g/mol. The zero-order valence-electron chi connectivity index (χ0n) is 13.1. The number of hydrogen-bond donors (Lipinski definition) is 2. The number of nitrogens with one attached hydrogen (secondary N) is 1.